The third-order valence-corrected chi connectivity index (χ3v) is 2.74. The molecule has 1 aliphatic carbocycles. The summed E-state index contributed by atoms with van der Waals surface area (Å²) in [4.78, 5) is 32.0. The SMILES string of the molecule is O=C([O-])C1C[C@@H](C(=O)O)C[C@@H](C(=O)O)C1.[NH3+]O. The van der Waals surface area contributed by atoms with E-state index in [1.54, 1.807) is 0 Å². The number of aliphatic carboxylic acids is 3. The lowest BCUT2D eigenvalue weighted by atomic mass is 9.75. The lowest BCUT2D eigenvalue weighted by Gasteiger charge is -2.31. The van der Waals surface area contributed by atoms with Crippen LogP contribution in [0.15, 0.2) is 0 Å². The van der Waals surface area contributed by atoms with Gasteiger partial charge < -0.3 is 20.1 Å². The minimum Gasteiger partial charge on any atom is -0.550 e. The van der Waals surface area contributed by atoms with Gasteiger partial charge in [0.2, 0.25) is 0 Å². The molecule has 0 aliphatic heterocycles. The standard InChI is InChI=1S/C9H12O6.H4NO/c10-7(11)4-1-5(8(12)13)3-6(2-4)9(14)15;1-2/h4-6H,1-3H2,(H,10,11)(H,12,13)(H,14,15);2H,1H3/q;+1/p-1. The molecule has 0 heterocycles. The first-order valence-electron chi connectivity index (χ1n) is 4.90. The Bertz CT molecular complexity index is 250. The van der Waals surface area contributed by atoms with E-state index in [1.165, 1.54) is 0 Å². The van der Waals surface area contributed by atoms with Crippen LogP contribution in [0.4, 0.5) is 0 Å². The molecule has 0 bridgehead atoms. The van der Waals surface area contributed by atoms with Crippen LogP contribution in [0.25, 0.3) is 0 Å². The van der Waals surface area contributed by atoms with Crippen LogP contribution >= 0.6 is 0 Å². The first kappa shape index (κ1) is 15.3. The Kier molecular flexibility index (Phi) is 6.15. The molecule has 1 saturated carbocycles. The summed E-state index contributed by atoms with van der Waals surface area (Å²) in [5, 5.41) is 34.8. The molecule has 0 spiro atoms. The van der Waals surface area contributed by atoms with Gasteiger partial charge in [-0.25, -0.2) is 11.1 Å². The van der Waals surface area contributed by atoms with Gasteiger partial charge in [0.25, 0.3) is 0 Å². The van der Waals surface area contributed by atoms with Crippen LogP contribution in [-0.4, -0.2) is 33.3 Å². The summed E-state index contributed by atoms with van der Waals surface area (Å²) in [7, 11) is 0. The minimum absolute atomic E-state index is 0.00551. The van der Waals surface area contributed by atoms with Gasteiger partial charge in [-0.2, -0.15) is 0 Å². The van der Waals surface area contributed by atoms with Crippen LogP contribution in [0, 0.1) is 17.8 Å². The molecule has 0 aromatic rings. The van der Waals surface area contributed by atoms with Crippen molar-refractivity contribution in [1.29, 1.82) is 0 Å². The van der Waals surface area contributed by atoms with Gasteiger partial charge in [-0.15, -0.1) is 0 Å². The second-order valence-electron chi connectivity index (χ2n) is 3.79. The van der Waals surface area contributed by atoms with E-state index in [-0.39, 0.29) is 19.3 Å². The van der Waals surface area contributed by atoms with Crippen molar-refractivity contribution in [2.24, 2.45) is 17.8 Å². The average molecular weight is 249 g/mol. The Morgan fingerprint density at radius 2 is 1.18 bits per heavy atom. The van der Waals surface area contributed by atoms with Gasteiger partial charge in [0.15, 0.2) is 0 Å². The zero-order chi connectivity index (χ0) is 13.6. The molecular weight excluding hydrogens is 234 g/mol. The van der Waals surface area contributed by atoms with Gasteiger partial charge in [-0.05, 0) is 19.3 Å². The number of hydrogen-bond acceptors (Lipinski definition) is 5. The molecule has 6 N–H and O–H groups in total. The molecule has 8 nitrogen and oxygen atoms in total. The summed E-state index contributed by atoms with van der Waals surface area (Å²) in [6, 6.07) is 0. The molecule has 0 aromatic carbocycles. The minimum atomic E-state index is -1.37. The van der Waals surface area contributed by atoms with Crippen LogP contribution in [0.3, 0.4) is 0 Å². The molecule has 0 saturated heterocycles. The second-order valence-corrected chi connectivity index (χ2v) is 3.79. The van der Waals surface area contributed by atoms with E-state index in [0.717, 1.165) is 0 Å². The maximum absolute atomic E-state index is 10.7. The Labute approximate surface area is 96.6 Å². The highest BCUT2D eigenvalue weighted by Gasteiger charge is 2.36. The third kappa shape index (κ3) is 4.37. The highest BCUT2D eigenvalue weighted by Crippen LogP contribution is 2.33. The molecule has 0 amide bonds. The summed E-state index contributed by atoms with van der Waals surface area (Å²) in [6.45, 7) is 0. The highest BCUT2D eigenvalue weighted by atomic mass is 16.4. The van der Waals surface area contributed by atoms with Crippen LogP contribution in [0.1, 0.15) is 19.3 Å². The van der Waals surface area contributed by atoms with E-state index < -0.39 is 35.7 Å². The van der Waals surface area contributed by atoms with E-state index in [0.29, 0.717) is 0 Å². The Morgan fingerprint density at radius 3 is 1.41 bits per heavy atom. The van der Waals surface area contributed by atoms with Crippen molar-refractivity contribution in [3.8, 4) is 0 Å². The number of rotatable bonds is 3. The first-order valence-corrected chi connectivity index (χ1v) is 4.90. The van der Waals surface area contributed by atoms with Crippen LogP contribution < -0.4 is 11.0 Å². The fourth-order valence-corrected chi connectivity index (χ4v) is 1.91. The predicted octanol–water partition coefficient (Wildman–Crippen LogP) is -2.44. The summed E-state index contributed by atoms with van der Waals surface area (Å²) < 4.78 is 0. The van der Waals surface area contributed by atoms with Crippen molar-refractivity contribution in [3.05, 3.63) is 0 Å². The molecule has 3 atom stereocenters. The van der Waals surface area contributed by atoms with Crippen molar-refractivity contribution in [3.63, 3.8) is 0 Å². The van der Waals surface area contributed by atoms with Crippen LogP contribution in [0.5, 0.6) is 0 Å². The number of carbonyl (C=O) groups excluding carboxylic acids is 1. The number of carbonyl (C=O) groups is 3. The number of quaternary nitrogens is 1. The van der Waals surface area contributed by atoms with Crippen LogP contribution in [0.2, 0.25) is 0 Å². The van der Waals surface area contributed by atoms with Gasteiger partial charge in [-0.1, -0.05) is 0 Å². The average Bonchev–Trinajstić information content (AvgIpc) is 2.30. The lowest BCUT2D eigenvalue weighted by Crippen LogP contribution is -2.42. The molecule has 98 valence electrons. The Morgan fingerprint density at radius 1 is 0.882 bits per heavy atom. The van der Waals surface area contributed by atoms with E-state index in [2.05, 4.69) is 5.90 Å². The third-order valence-electron chi connectivity index (χ3n) is 2.74. The quantitative estimate of drug-likeness (QED) is 0.403. The van der Waals surface area contributed by atoms with E-state index in [1.807, 2.05) is 0 Å². The molecule has 0 aromatic heterocycles. The van der Waals surface area contributed by atoms with Gasteiger partial charge in [0.05, 0.1) is 11.8 Å². The first-order chi connectivity index (χ1) is 7.91. The van der Waals surface area contributed by atoms with Gasteiger partial charge in [0, 0.05) is 11.9 Å². The number of carboxylic acids is 3. The zero-order valence-electron chi connectivity index (χ0n) is 9.04. The molecule has 0 radical (unpaired) electrons. The maximum Gasteiger partial charge on any atom is 0.306 e. The van der Waals surface area contributed by atoms with Crippen molar-refractivity contribution in [2.45, 2.75) is 19.3 Å². The summed E-state index contributed by atoms with van der Waals surface area (Å²) in [5.74, 6) is -4.18. The molecule has 17 heavy (non-hydrogen) atoms. The summed E-state index contributed by atoms with van der Waals surface area (Å²) >= 11 is 0. The van der Waals surface area contributed by atoms with E-state index >= 15 is 0 Å². The zero-order valence-corrected chi connectivity index (χ0v) is 9.04. The van der Waals surface area contributed by atoms with E-state index in [4.69, 9.17) is 15.4 Å². The normalized spacial score (nSPS) is 27.5. The van der Waals surface area contributed by atoms with E-state index in [9.17, 15) is 19.5 Å². The fourth-order valence-electron chi connectivity index (χ4n) is 1.91. The van der Waals surface area contributed by atoms with Crippen molar-refractivity contribution < 1.29 is 40.8 Å². The molecular formula is C9H15NO7. The lowest BCUT2D eigenvalue weighted by molar-refractivity contribution is -0.670. The molecule has 8 heteroatoms. The maximum atomic E-state index is 10.7. The summed E-state index contributed by atoms with van der Waals surface area (Å²) in [6.07, 6.45) is -0.0860. The molecule has 1 rings (SSSR count). The largest absolute Gasteiger partial charge is 0.550 e. The van der Waals surface area contributed by atoms with Gasteiger partial charge in [-0.3, -0.25) is 9.59 Å². The van der Waals surface area contributed by atoms with Crippen molar-refractivity contribution >= 4 is 17.9 Å². The summed E-state index contributed by atoms with van der Waals surface area (Å²) in [5.41, 5.74) is 0. The monoisotopic (exact) mass is 249 g/mol. The second kappa shape index (κ2) is 6.81. The Balaban J connectivity index is 0.00000121. The van der Waals surface area contributed by atoms with Crippen molar-refractivity contribution in [2.75, 3.05) is 0 Å². The molecule has 1 unspecified atom stereocenters. The molecule has 1 aliphatic rings. The topological polar surface area (TPSA) is 163 Å². The highest BCUT2D eigenvalue weighted by molar-refractivity contribution is 5.77. The number of carboxylic acid groups (broad SMARTS) is 3. The number of hydrogen-bond donors (Lipinski definition) is 4. The van der Waals surface area contributed by atoms with Crippen LogP contribution in [-0.2, 0) is 14.4 Å². The smallest absolute Gasteiger partial charge is 0.306 e. The van der Waals surface area contributed by atoms with Gasteiger partial charge in [0.1, 0.15) is 0 Å². The van der Waals surface area contributed by atoms with Gasteiger partial charge >= 0.3 is 11.9 Å². The molecule has 1 fully saturated rings. The fraction of sp³-hybridized carbons (Fsp3) is 0.667. The Hall–Kier alpha value is -1.67. The predicted molar refractivity (Wildman–Crippen MR) is 49.3 cm³/mol. The van der Waals surface area contributed by atoms with Crippen molar-refractivity contribution in [1.82, 2.24) is 0 Å².